The van der Waals surface area contributed by atoms with Crippen LogP contribution < -0.4 is 10.1 Å². The van der Waals surface area contributed by atoms with Crippen LogP contribution in [0.15, 0.2) is 54.0 Å². The van der Waals surface area contributed by atoms with E-state index in [9.17, 15) is 4.79 Å². The van der Waals surface area contributed by atoms with Gasteiger partial charge in [0.15, 0.2) is 4.96 Å². The van der Waals surface area contributed by atoms with E-state index >= 15 is 0 Å². The molecule has 0 unspecified atom stereocenters. The van der Waals surface area contributed by atoms with E-state index in [1.807, 2.05) is 53.2 Å². The molecule has 0 radical (unpaired) electrons. The minimum absolute atomic E-state index is 0.196. The van der Waals surface area contributed by atoms with Crippen LogP contribution in [0.4, 0.5) is 5.69 Å². The van der Waals surface area contributed by atoms with Gasteiger partial charge in [0.2, 0.25) is 0 Å². The molecular weight excluding hydrogens is 358 g/mol. The largest absolute Gasteiger partial charge is 0.495 e. The number of thiazole rings is 1. The lowest BCUT2D eigenvalue weighted by molar-refractivity contribution is 0.102. The lowest BCUT2D eigenvalue weighted by Crippen LogP contribution is -2.14. The van der Waals surface area contributed by atoms with Crippen molar-refractivity contribution in [3.05, 3.63) is 70.9 Å². The van der Waals surface area contributed by atoms with Crippen LogP contribution in [0.3, 0.4) is 0 Å². The first kappa shape index (κ1) is 17.3. The Bertz CT molecular complexity index is 1130. The fourth-order valence-corrected chi connectivity index (χ4v) is 3.77. The van der Waals surface area contributed by atoms with Gasteiger partial charge in [-0.1, -0.05) is 35.9 Å². The molecule has 2 aromatic heterocycles. The number of hydrogen-bond donors (Lipinski definition) is 1. The van der Waals surface area contributed by atoms with E-state index < -0.39 is 0 Å². The standard InChI is InChI=1S/C21H19N3O2S/c1-13-4-7-15(8-5-13)17-11-24-18(12-27-21(24)23-17)20(25)22-16-10-14(2)6-9-19(16)26-3/h4-12H,1-3H3,(H,22,25). The van der Waals surface area contributed by atoms with Crippen molar-refractivity contribution in [2.24, 2.45) is 0 Å². The number of carbonyl (C=O) groups excluding carboxylic acids is 1. The molecule has 4 aromatic rings. The molecule has 1 N–H and O–H groups in total. The van der Waals surface area contributed by atoms with Crippen molar-refractivity contribution >= 4 is 27.9 Å². The Labute approximate surface area is 161 Å². The fourth-order valence-electron chi connectivity index (χ4n) is 2.92. The molecule has 4 rings (SSSR count). The number of benzene rings is 2. The summed E-state index contributed by atoms with van der Waals surface area (Å²) >= 11 is 1.44. The Morgan fingerprint density at radius 1 is 1.11 bits per heavy atom. The monoisotopic (exact) mass is 377 g/mol. The molecule has 0 fully saturated rings. The maximum absolute atomic E-state index is 12.9. The van der Waals surface area contributed by atoms with Crippen molar-refractivity contribution in [2.45, 2.75) is 13.8 Å². The fraction of sp³-hybridized carbons (Fsp3) is 0.143. The molecule has 0 aliphatic rings. The molecule has 0 atom stereocenters. The van der Waals surface area contributed by atoms with Gasteiger partial charge >= 0.3 is 0 Å². The van der Waals surface area contributed by atoms with Gasteiger partial charge in [0, 0.05) is 17.1 Å². The summed E-state index contributed by atoms with van der Waals surface area (Å²) in [7, 11) is 1.59. The van der Waals surface area contributed by atoms with E-state index in [4.69, 9.17) is 4.74 Å². The first-order chi connectivity index (χ1) is 13.0. The van der Waals surface area contributed by atoms with E-state index in [0.29, 0.717) is 17.1 Å². The quantitative estimate of drug-likeness (QED) is 0.548. The third kappa shape index (κ3) is 3.31. The summed E-state index contributed by atoms with van der Waals surface area (Å²) in [4.78, 5) is 18.3. The molecule has 0 saturated carbocycles. The maximum atomic E-state index is 12.9. The second kappa shape index (κ2) is 6.89. The summed E-state index contributed by atoms with van der Waals surface area (Å²) in [6.45, 7) is 4.03. The van der Waals surface area contributed by atoms with Crippen LogP contribution >= 0.6 is 11.3 Å². The highest BCUT2D eigenvalue weighted by molar-refractivity contribution is 7.15. The molecule has 0 aliphatic carbocycles. The molecule has 2 heterocycles. The zero-order valence-corrected chi connectivity index (χ0v) is 16.1. The summed E-state index contributed by atoms with van der Waals surface area (Å²) in [6, 6.07) is 13.9. The number of nitrogens with zero attached hydrogens (tertiary/aromatic N) is 2. The minimum atomic E-state index is -0.196. The average Bonchev–Trinajstić information content (AvgIpc) is 3.23. The normalized spacial score (nSPS) is 10.9. The van der Waals surface area contributed by atoms with Crippen LogP contribution in [0.1, 0.15) is 21.6 Å². The number of fused-ring (bicyclic) bond motifs is 1. The van der Waals surface area contributed by atoms with Crippen LogP contribution in [0.25, 0.3) is 16.2 Å². The summed E-state index contributed by atoms with van der Waals surface area (Å²) in [5, 5.41) is 4.77. The number of rotatable bonds is 4. The predicted molar refractivity (Wildman–Crippen MR) is 109 cm³/mol. The van der Waals surface area contributed by atoms with Gasteiger partial charge in [-0.3, -0.25) is 9.20 Å². The van der Waals surface area contributed by atoms with Crippen molar-refractivity contribution in [3.8, 4) is 17.0 Å². The Hall–Kier alpha value is -3.12. The first-order valence-corrected chi connectivity index (χ1v) is 9.43. The number of aryl methyl sites for hydroxylation is 2. The second-order valence-electron chi connectivity index (χ2n) is 6.42. The molecule has 0 aliphatic heterocycles. The Kier molecular flexibility index (Phi) is 4.41. The van der Waals surface area contributed by atoms with E-state index in [1.165, 1.54) is 16.9 Å². The van der Waals surface area contributed by atoms with Gasteiger partial charge in [0.25, 0.3) is 5.91 Å². The van der Waals surface area contributed by atoms with Crippen molar-refractivity contribution < 1.29 is 9.53 Å². The van der Waals surface area contributed by atoms with Crippen molar-refractivity contribution in [2.75, 3.05) is 12.4 Å². The highest BCUT2D eigenvalue weighted by Gasteiger charge is 2.17. The van der Waals surface area contributed by atoms with E-state index in [1.54, 1.807) is 7.11 Å². The summed E-state index contributed by atoms with van der Waals surface area (Å²) in [6.07, 6.45) is 1.90. The minimum Gasteiger partial charge on any atom is -0.495 e. The van der Waals surface area contributed by atoms with Crippen molar-refractivity contribution in [3.63, 3.8) is 0 Å². The molecule has 0 bridgehead atoms. The number of imidazole rings is 1. The first-order valence-electron chi connectivity index (χ1n) is 8.55. The van der Waals surface area contributed by atoms with E-state index in [2.05, 4.69) is 29.4 Å². The predicted octanol–water partition coefficient (Wildman–Crippen LogP) is 4.94. The van der Waals surface area contributed by atoms with Gasteiger partial charge in [0.05, 0.1) is 18.5 Å². The number of carbonyl (C=O) groups is 1. The number of methoxy groups -OCH3 is 1. The number of amides is 1. The lowest BCUT2D eigenvalue weighted by Gasteiger charge is -2.10. The van der Waals surface area contributed by atoms with Gasteiger partial charge < -0.3 is 10.1 Å². The van der Waals surface area contributed by atoms with Gasteiger partial charge in [-0.2, -0.15) is 0 Å². The molecule has 1 amide bonds. The highest BCUT2D eigenvalue weighted by atomic mass is 32.1. The van der Waals surface area contributed by atoms with Crippen LogP contribution in [-0.2, 0) is 0 Å². The third-order valence-corrected chi connectivity index (χ3v) is 5.23. The van der Waals surface area contributed by atoms with Crippen molar-refractivity contribution in [1.29, 1.82) is 0 Å². The lowest BCUT2D eigenvalue weighted by atomic mass is 10.1. The topological polar surface area (TPSA) is 55.6 Å². The number of nitrogens with one attached hydrogen (secondary N) is 1. The number of hydrogen-bond acceptors (Lipinski definition) is 4. The second-order valence-corrected chi connectivity index (χ2v) is 7.26. The van der Waals surface area contributed by atoms with Gasteiger partial charge in [-0.15, -0.1) is 11.3 Å². The number of ether oxygens (including phenoxy) is 1. The summed E-state index contributed by atoms with van der Waals surface area (Å²) in [5.41, 5.74) is 5.33. The van der Waals surface area contributed by atoms with Crippen molar-refractivity contribution in [1.82, 2.24) is 9.38 Å². The Morgan fingerprint density at radius 3 is 2.59 bits per heavy atom. The van der Waals surface area contributed by atoms with E-state index in [0.717, 1.165) is 21.8 Å². The molecule has 0 saturated heterocycles. The summed E-state index contributed by atoms with van der Waals surface area (Å²) < 4.78 is 7.18. The molecular formula is C21H19N3O2S. The van der Waals surface area contributed by atoms with Crippen LogP contribution in [0.2, 0.25) is 0 Å². The molecule has 136 valence electrons. The third-order valence-electron chi connectivity index (χ3n) is 4.39. The molecule has 2 aromatic carbocycles. The average molecular weight is 377 g/mol. The molecule has 5 nitrogen and oxygen atoms in total. The number of anilines is 1. The van der Waals surface area contributed by atoms with Crippen LogP contribution in [0.5, 0.6) is 5.75 Å². The highest BCUT2D eigenvalue weighted by Crippen LogP contribution is 2.28. The Balaban J connectivity index is 1.67. The Morgan fingerprint density at radius 2 is 1.85 bits per heavy atom. The van der Waals surface area contributed by atoms with Gasteiger partial charge in [-0.25, -0.2) is 4.98 Å². The maximum Gasteiger partial charge on any atom is 0.273 e. The van der Waals surface area contributed by atoms with Gasteiger partial charge in [0.1, 0.15) is 11.4 Å². The number of aromatic nitrogens is 2. The SMILES string of the molecule is COc1ccc(C)cc1NC(=O)c1csc2nc(-c3ccc(C)cc3)cn12. The molecule has 6 heteroatoms. The summed E-state index contributed by atoms with van der Waals surface area (Å²) in [5.74, 6) is 0.435. The van der Waals surface area contributed by atoms with E-state index in [-0.39, 0.29) is 5.91 Å². The van der Waals surface area contributed by atoms with Crippen LogP contribution in [-0.4, -0.2) is 22.4 Å². The van der Waals surface area contributed by atoms with Crippen LogP contribution in [0, 0.1) is 13.8 Å². The zero-order chi connectivity index (χ0) is 19.0. The smallest absolute Gasteiger partial charge is 0.273 e. The zero-order valence-electron chi connectivity index (χ0n) is 15.3. The molecule has 0 spiro atoms. The van der Waals surface area contributed by atoms with Gasteiger partial charge in [-0.05, 0) is 31.5 Å². The molecule has 27 heavy (non-hydrogen) atoms.